The molecule has 1 aromatic heterocycles. The first-order chi connectivity index (χ1) is 17.6. The van der Waals surface area contributed by atoms with E-state index in [0.717, 1.165) is 35.7 Å². The first kappa shape index (κ1) is 24.6. The van der Waals surface area contributed by atoms with Crippen LogP contribution in [0.4, 0.5) is 0 Å². The minimum Gasteiger partial charge on any atom is -0.484 e. The van der Waals surface area contributed by atoms with Crippen molar-refractivity contribution < 1.29 is 14.3 Å². The van der Waals surface area contributed by atoms with Crippen molar-refractivity contribution in [1.29, 1.82) is 0 Å². The molecule has 1 saturated heterocycles. The molecule has 8 nitrogen and oxygen atoms in total. The molecule has 36 heavy (non-hydrogen) atoms. The van der Waals surface area contributed by atoms with Crippen LogP contribution in [0.2, 0.25) is 0 Å². The molecule has 0 unspecified atom stereocenters. The van der Waals surface area contributed by atoms with Crippen molar-refractivity contribution >= 4 is 39.0 Å². The lowest BCUT2D eigenvalue weighted by Crippen LogP contribution is -2.42. The van der Waals surface area contributed by atoms with Gasteiger partial charge in [0.2, 0.25) is 0 Å². The summed E-state index contributed by atoms with van der Waals surface area (Å²) in [4.78, 5) is 32.5. The molecule has 3 aromatic rings. The molecule has 1 amide bonds. The number of nitrogens with zero attached hydrogens (tertiary/aromatic N) is 4. The van der Waals surface area contributed by atoms with Crippen LogP contribution in [0.25, 0.3) is 10.9 Å². The Kier molecular flexibility index (Phi) is 7.77. The number of rotatable bonds is 6. The summed E-state index contributed by atoms with van der Waals surface area (Å²) in [6.07, 6.45) is 7.13. The average molecular weight is 553 g/mol. The van der Waals surface area contributed by atoms with E-state index in [9.17, 15) is 9.59 Å². The standard InChI is InChI=1S/C27H29BrN4O4/c28-21-9-10-24-23(16-21)27(34)32(26(30-24)20-6-2-1-3-7-20)29-17-19-5-4-8-22(15-19)36-18-25(33)31-11-13-35-14-12-31/h4-5,8-10,15-17,20H,1-3,6-7,11-14,18H2. The zero-order valence-electron chi connectivity index (χ0n) is 20.1. The summed E-state index contributed by atoms with van der Waals surface area (Å²) in [7, 11) is 0. The van der Waals surface area contributed by atoms with E-state index >= 15 is 0 Å². The van der Waals surface area contributed by atoms with E-state index in [1.807, 2.05) is 30.3 Å². The number of aromatic nitrogens is 2. The fourth-order valence-electron chi connectivity index (χ4n) is 4.76. The normalized spacial score (nSPS) is 17.1. The van der Waals surface area contributed by atoms with Gasteiger partial charge in [0.1, 0.15) is 11.6 Å². The minimum atomic E-state index is -0.179. The number of morpholine rings is 1. The average Bonchev–Trinajstić information content (AvgIpc) is 2.92. The predicted octanol–water partition coefficient (Wildman–Crippen LogP) is 4.33. The molecule has 0 spiro atoms. The summed E-state index contributed by atoms with van der Waals surface area (Å²) in [5.41, 5.74) is 1.28. The first-order valence-corrected chi connectivity index (χ1v) is 13.2. The molecule has 188 valence electrons. The summed E-state index contributed by atoms with van der Waals surface area (Å²) in [5.74, 6) is 1.43. The predicted molar refractivity (Wildman–Crippen MR) is 142 cm³/mol. The molecule has 5 rings (SSSR count). The Morgan fingerprint density at radius 1 is 1.14 bits per heavy atom. The van der Waals surface area contributed by atoms with Gasteiger partial charge in [0, 0.05) is 23.5 Å². The van der Waals surface area contributed by atoms with E-state index in [2.05, 4.69) is 21.0 Å². The van der Waals surface area contributed by atoms with Gasteiger partial charge in [-0.2, -0.15) is 9.78 Å². The monoisotopic (exact) mass is 552 g/mol. The smallest absolute Gasteiger partial charge is 0.282 e. The summed E-state index contributed by atoms with van der Waals surface area (Å²) in [6.45, 7) is 2.25. The van der Waals surface area contributed by atoms with Crippen molar-refractivity contribution in [3.05, 3.63) is 68.7 Å². The lowest BCUT2D eigenvalue weighted by molar-refractivity contribution is -0.137. The van der Waals surface area contributed by atoms with E-state index < -0.39 is 0 Å². The maximum Gasteiger partial charge on any atom is 0.282 e. The van der Waals surface area contributed by atoms with Crippen LogP contribution >= 0.6 is 15.9 Å². The van der Waals surface area contributed by atoms with Crippen molar-refractivity contribution in [2.24, 2.45) is 5.10 Å². The van der Waals surface area contributed by atoms with Crippen molar-refractivity contribution in [3.8, 4) is 5.75 Å². The number of ether oxygens (including phenoxy) is 2. The SMILES string of the molecule is O=C(COc1cccc(C=Nn2c(C3CCCCC3)nc3ccc(Br)cc3c2=O)c1)N1CCOCC1. The maximum atomic E-state index is 13.5. The van der Waals surface area contributed by atoms with Gasteiger partial charge in [-0.25, -0.2) is 4.98 Å². The highest BCUT2D eigenvalue weighted by atomic mass is 79.9. The topological polar surface area (TPSA) is 86.0 Å². The van der Waals surface area contributed by atoms with Crippen LogP contribution < -0.4 is 10.3 Å². The van der Waals surface area contributed by atoms with E-state index in [4.69, 9.17) is 14.5 Å². The fraction of sp³-hybridized carbons (Fsp3) is 0.407. The van der Waals surface area contributed by atoms with Crippen LogP contribution in [0.5, 0.6) is 5.75 Å². The molecule has 2 fully saturated rings. The fourth-order valence-corrected chi connectivity index (χ4v) is 5.12. The maximum absolute atomic E-state index is 13.5. The molecule has 2 heterocycles. The van der Waals surface area contributed by atoms with Crippen LogP contribution in [-0.2, 0) is 9.53 Å². The molecular formula is C27H29BrN4O4. The Bertz CT molecular complexity index is 1330. The lowest BCUT2D eigenvalue weighted by atomic mass is 9.88. The van der Waals surface area contributed by atoms with Gasteiger partial charge in [0.15, 0.2) is 6.61 Å². The summed E-state index contributed by atoms with van der Waals surface area (Å²) in [5, 5.41) is 5.13. The summed E-state index contributed by atoms with van der Waals surface area (Å²) >= 11 is 3.46. The number of halogens is 1. The van der Waals surface area contributed by atoms with E-state index in [1.165, 1.54) is 11.1 Å². The molecule has 0 bridgehead atoms. The van der Waals surface area contributed by atoms with Crippen LogP contribution in [0, 0.1) is 0 Å². The molecule has 0 N–H and O–H groups in total. The van der Waals surface area contributed by atoms with Gasteiger partial charge in [0.05, 0.1) is 30.3 Å². The van der Waals surface area contributed by atoms with Gasteiger partial charge in [-0.1, -0.05) is 47.3 Å². The van der Waals surface area contributed by atoms with Crippen LogP contribution in [0.15, 0.2) is 56.8 Å². The molecule has 1 aliphatic heterocycles. The van der Waals surface area contributed by atoms with Crippen LogP contribution in [-0.4, -0.2) is 59.6 Å². The Labute approximate surface area is 218 Å². The number of fused-ring (bicyclic) bond motifs is 1. The van der Waals surface area contributed by atoms with Gasteiger partial charge < -0.3 is 14.4 Å². The van der Waals surface area contributed by atoms with E-state index in [-0.39, 0.29) is 24.0 Å². The second-order valence-electron chi connectivity index (χ2n) is 9.18. The lowest BCUT2D eigenvalue weighted by Gasteiger charge is -2.26. The number of hydrogen-bond donors (Lipinski definition) is 0. The minimum absolute atomic E-state index is 0.0324. The van der Waals surface area contributed by atoms with Gasteiger partial charge >= 0.3 is 0 Å². The number of amides is 1. The Balaban J connectivity index is 1.39. The van der Waals surface area contributed by atoms with Crippen molar-refractivity contribution in [1.82, 2.24) is 14.6 Å². The summed E-state index contributed by atoms with van der Waals surface area (Å²) < 4.78 is 13.3. The quantitative estimate of drug-likeness (QED) is 0.425. The van der Waals surface area contributed by atoms with Gasteiger partial charge in [-0.15, -0.1) is 0 Å². The Morgan fingerprint density at radius 3 is 2.75 bits per heavy atom. The van der Waals surface area contributed by atoms with E-state index in [0.29, 0.717) is 48.8 Å². The summed E-state index contributed by atoms with van der Waals surface area (Å²) in [6, 6.07) is 12.9. The molecule has 2 aliphatic rings. The Hall–Kier alpha value is -3.04. The molecule has 9 heteroatoms. The zero-order chi connectivity index (χ0) is 24.9. The molecular weight excluding hydrogens is 524 g/mol. The highest BCUT2D eigenvalue weighted by molar-refractivity contribution is 9.10. The Morgan fingerprint density at radius 2 is 1.94 bits per heavy atom. The van der Waals surface area contributed by atoms with Gasteiger partial charge in [-0.3, -0.25) is 9.59 Å². The van der Waals surface area contributed by atoms with Crippen molar-refractivity contribution in [3.63, 3.8) is 0 Å². The highest BCUT2D eigenvalue weighted by Crippen LogP contribution is 2.32. The third kappa shape index (κ3) is 5.68. The first-order valence-electron chi connectivity index (χ1n) is 12.4. The second kappa shape index (κ2) is 11.3. The van der Waals surface area contributed by atoms with E-state index in [1.54, 1.807) is 23.2 Å². The third-order valence-corrected chi connectivity index (χ3v) is 7.20. The number of carbonyl (C=O) groups is 1. The number of hydrogen-bond acceptors (Lipinski definition) is 6. The number of carbonyl (C=O) groups excluding carboxylic acids is 1. The molecule has 0 atom stereocenters. The largest absolute Gasteiger partial charge is 0.484 e. The third-order valence-electron chi connectivity index (χ3n) is 6.71. The second-order valence-corrected chi connectivity index (χ2v) is 10.1. The van der Waals surface area contributed by atoms with Crippen molar-refractivity contribution in [2.45, 2.75) is 38.0 Å². The van der Waals surface area contributed by atoms with Crippen molar-refractivity contribution in [2.75, 3.05) is 32.9 Å². The molecule has 1 aliphatic carbocycles. The van der Waals surface area contributed by atoms with Crippen LogP contribution in [0.3, 0.4) is 0 Å². The van der Waals surface area contributed by atoms with Crippen LogP contribution in [0.1, 0.15) is 49.4 Å². The molecule has 1 saturated carbocycles. The molecule has 2 aromatic carbocycles. The van der Waals surface area contributed by atoms with Gasteiger partial charge in [0.25, 0.3) is 11.5 Å². The highest BCUT2D eigenvalue weighted by Gasteiger charge is 2.22. The van der Waals surface area contributed by atoms with Gasteiger partial charge in [-0.05, 0) is 48.7 Å². The number of benzene rings is 2. The molecule has 0 radical (unpaired) electrons. The zero-order valence-corrected chi connectivity index (χ0v) is 21.7.